The molecule has 1 heterocycles. The first-order valence-electron chi connectivity index (χ1n) is 10.9. The number of hydrogen-bond donors (Lipinski definition) is 0. The molecule has 0 unspecified atom stereocenters. The third-order valence-electron chi connectivity index (χ3n) is 6.71. The first-order valence-corrected chi connectivity index (χ1v) is 10.9. The van der Waals surface area contributed by atoms with Crippen LogP contribution in [0.25, 0.3) is 33.0 Å². The molecule has 1 fully saturated rings. The SMILES string of the molecule is CC1(C)OB(c2cccc(-c3c(-c4ccccc4)ccc4ccccc34)c2)OC1(C)C. The van der Waals surface area contributed by atoms with Gasteiger partial charge in [-0.1, -0.05) is 91.0 Å². The van der Waals surface area contributed by atoms with Crippen LogP contribution in [0.15, 0.2) is 91.0 Å². The van der Waals surface area contributed by atoms with Gasteiger partial charge >= 0.3 is 7.12 Å². The van der Waals surface area contributed by atoms with Gasteiger partial charge in [0.05, 0.1) is 11.2 Å². The minimum absolute atomic E-state index is 0.359. The third-order valence-corrected chi connectivity index (χ3v) is 6.71. The second-order valence-electron chi connectivity index (χ2n) is 9.29. The maximum atomic E-state index is 6.32. The molecule has 0 saturated carbocycles. The molecule has 0 aromatic heterocycles. The lowest BCUT2D eigenvalue weighted by molar-refractivity contribution is 0.00578. The van der Waals surface area contributed by atoms with E-state index >= 15 is 0 Å². The lowest BCUT2D eigenvalue weighted by Gasteiger charge is -2.32. The van der Waals surface area contributed by atoms with Crippen LogP contribution in [-0.2, 0) is 9.31 Å². The molecule has 0 radical (unpaired) electrons. The predicted octanol–water partition coefficient (Wildman–Crippen LogP) is 6.47. The van der Waals surface area contributed by atoms with Crippen LogP contribution < -0.4 is 5.46 Å². The van der Waals surface area contributed by atoms with Gasteiger partial charge in [0.25, 0.3) is 0 Å². The Morgan fingerprint density at radius 1 is 0.613 bits per heavy atom. The Kier molecular flexibility index (Phi) is 4.77. The van der Waals surface area contributed by atoms with Gasteiger partial charge in [-0.05, 0) is 66.2 Å². The number of rotatable bonds is 3. The molecular formula is C28H27BO2. The second-order valence-corrected chi connectivity index (χ2v) is 9.29. The van der Waals surface area contributed by atoms with E-state index in [4.69, 9.17) is 9.31 Å². The van der Waals surface area contributed by atoms with Crippen molar-refractivity contribution < 1.29 is 9.31 Å². The van der Waals surface area contributed by atoms with Gasteiger partial charge in [0.2, 0.25) is 0 Å². The summed E-state index contributed by atoms with van der Waals surface area (Å²) in [5.74, 6) is 0. The highest BCUT2D eigenvalue weighted by atomic mass is 16.7. The smallest absolute Gasteiger partial charge is 0.399 e. The van der Waals surface area contributed by atoms with E-state index in [0.29, 0.717) is 0 Å². The average molecular weight is 406 g/mol. The summed E-state index contributed by atoms with van der Waals surface area (Å²) in [7, 11) is -0.375. The van der Waals surface area contributed by atoms with E-state index < -0.39 is 0 Å². The molecular weight excluding hydrogens is 379 g/mol. The Morgan fingerprint density at radius 2 is 1.26 bits per heavy atom. The molecule has 1 aliphatic rings. The van der Waals surface area contributed by atoms with Crippen LogP contribution in [-0.4, -0.2) is 18.3 Å². The van der Waals surface area contributed by atoms with Crippen LogP contribution in [0.3, 0.4) is 0 Å². The molecule has 0 spiro atoms. The Bertz CT molecular complexity index is 1230. The van der Waals surface area contributed by atoms with Gasteiger partial charge in [-0.3, -0.25) is 0 Å². The van der Waals surface area contributed by atoms with E-state index in [1.807, 2.05) is 0 Å². The van der Waals surface area contributed by atoms with E-state index in [9.17, 15) is 0 Å². The van der Waals surface area contributed by atoms with Crippen molar-refractivity contribution in [3.05, 3.63) is 91.0 Å². The third kappa shape index (κ3) is 3.48. The van der Waals surface area contributed by atoms with Gasteiger partial charge in [0.15, 0.2) is 0 Å². The molecule has 0 amide bonds. The zero-order valence-corrected chi connectivity index (χ0v) is 18.6. The standard InChI is InChI=1S/C28H27BO2/c1-27(2)28(3,4)31-29(30-27)23-15-10-14-22(19-23)26-24-16-9-8-13-21(24)17-18-25(26)20-11-6-5-7-12-20/h5-19H,1-4H3. The number of fused-ring (bicyclic) bond motifs is 1. The van der Waals surface area contributed by atoms with Crippen molar-refractivity contribution in [1.29, 1.82) is 0 Å². The average Bonchev–Trinajstić information content (AvgIpc) is 3.00. The van der Waals surface area contributed by atoms with Gasteiger partial charge in [-0.2, -0.15) is 0 Å². The van der Waals surface area contributed by atoms with Gasteiger partial charge in [0, 0.05) is 0 Å². The van der Waals surface area contributed by atoms with Gasteiger partial charge in [0.1, 0.15) is 0 Å². The van der Waals surface area contributed by atoms with Crippen LogP contribution >= 0.6 is 0 Å². The molecule has 4 aromatic rings. The molecule has 0 atom stereocenters. The van der Waals surface area contributed by atoms with Crippen molar-refractivity contribution in [1.82, 2.24) is 0 Å². The first-order chi connectivity index (χ1) is 14.9. The topological polar surface area (TPSA) is 18.5 Å². The summed E-state index contributed by atoms with van der Waals surface area (Å²) in [6, 6.07) is 32.2. The van der Waals surface area contributed by atoms with E-state index in [2.05, 4.69) is 119 Å². The summed E-state index contributed by atoms with van der Waals surface area (Å²) < 4.78 is 12.6. The van der Waals surface area contributed by atoms with Gasteiger partial charge < -0.3 is 9.31 Å². The van der Waals surface area contributed by atoms with Crippen LogP contribution in [0.5, 0.6) is 0 Å². The quantitative estimate of drug-likeness (QED) is 0.363. The molecule has 1 saturated heterocycles. The van der Waals surface area contributed by atoms with Gasteiger partial charge in [-0.25, -0.2) is 0 Å². The van der Waals surface area contributed by atoms with E-state index in [0.717, 1.165) is 5.46 Å². The molecule has 0 aliphatic carbocycles. The predicted molar refractivity (Wildman–Crippen MR) is 131 cm³/mol. The largest absolute Gasteiger partial charge is 0.494 e. The lowest BCUT2D eigenvalue weighted by atomic mass is 9.77. The van der Waals surface area contributed by atoms with E-state index in [-0.39, 0.29) is 18.3 Å². The zero-order chi connectivity index (χ0) is 21.6. The zero-order valence-electron chi connectivity index (χ0n) is 18.6. The lowest BCUT2D eigenvalue weighted by Crippen LogP contribution is -2.41. The maximum absolute atomic E-state index is 6.32. The fourth-order valence-electron chi connectivity index (χ4n) is 4.26. The summed E-state index contributed by atoms with van der Waals surface area (Å²) in [6.45, 7) is 8.37. The normalized spacial score (nSPS) is 17.2. The summed E-state index contributed by atoms with van der Waals surface area (Å²) in [6.07, 6.45) is 0. The molecule has 5 rings (SSSR count). The van der Waals surface area contributed by atoms with E-state index in [1.165, 1.54) is 33.0 Å². The van der Waals surface area contributed by atoms with Crippen LogP contribution in [0, 0.1) is 0 Å². The van der Waals surface area contributed by atoms with Crippen molar-refractivity contribution in [3.8, 4) is 22.3 Å². The van der Waals surface area contributed by atoms with Gasteiger partial charge in [-0.15, -0.1) is 0 Å². The van der Waals surface area contributed by atoms with Crippen molar-refractivity contribution >= 4 is 23.4 Å². The van der Waals surface area contributed by atoms with Crippen molar-refractivity contribution in [2.45, 2.75) is 38.9 Å². The Morgan fingerprint density at radius 3 is 2.00 bits per heavy atom. The molecule has 0 bridgehead atoms. The summed E-state index contributed by atoms with van der Waals surface area (Å²) in [4.78, 5) is 0. The Balaban J connectivity index is 1.68. The summed E-state index contributed by atoms with van der Waals surface area (Å²) in [5.41, 5.74) is 5.17. The molecule has 2 nitrogen and oxygen atoms in total. The highest BCUT2D eigenvalue weighted by Gasteiger charge is 2.51. The highest BCUT2D eigenvalue weighted by Crippen LogP contribution is 2.39. The van der Waals surface area contributed by atoms with E-state index in [1.54, 1.807) is 0 Å². The molecule has 3 heteroatoms. The fourth-order valence-corrected chi connectivity index (χ4v) is 4.26. The molecule has 1 aliphatic heterocycles. The van der Waals surface area contributed by atoms with Crippen LogP contribution in [0.2, 0.25) is 0 Å². The molecule has 31 heavy (non-hydrogen) atoms. The maximum Gasteiger partial charge on any atom is 0.494 e. The van der Waals surface area contributed by atoms with Crippen molar-refractivity contribution in [3.63, 3.8) is 0 Å². The highest BCUT2D eigenvalue weighted by molar-refractivity contribution is 6.62. The monoisotopic (exact) mass is 406 g/mol. The summed E-state index contributed by atoms with van der Waals surface area (Å²) in [5, 5.41) is 2.48. The Hall–Kier alpha value is -2.88. The molecule has 0 N–H and O–H groups in total. The summed E-state index contributed by atoms with van der Waals surface area (Å²) >= 11 is 0. The van der Waals surface area contributed by atoms with Crippen molar-refractivity contribution in [2.75, 3.05) is 0 Å². The molecule has 4 aromatic carbocycles. The van der Waals surface area contributed by atoms with Crippen LogP contribution in [0.4, 0.5) is 0 Å². The minimum Gasteiger partial charge on any atom is -0.399 e. The Labute approximate surface area is 185 Å². The number of hydrogen-bond acceptors (Lipinski definition) is 2. The molecule has 154 valence electrons. The van der Waals surface area contributed by atoms with Crippen molar-refractivity contribution in [2.24, 2.45) is 0 Å². The number of benzene rings is 4. The first kappa shape index (κ1) is 20.1. The minimum atomic E-state index is -0.375. The van der Waals surface area contributed by atoms with Crippen LogP contribution in [0.1, 0.15) is 27.7 Å². The fraction of sp³-hybridized carbons (Fsp3) is 0.214. The second kappa shape index (κ2) is 7.37.